The van der Waals surface area contributed by atoms with Crippen LogP contribution in [-0.4, -0.2) is 15.1 Å². The van der Waals surface area contributed by atoms with Crippen LogP contribution in [0.5, 0.6) is 0 Å². The lowest BCUT2D eigenvalue weighted by Crippen LogP contribution is -2.27. The molecule has 59 valence electrons. The summed E-state index contributed by atoms with van der Waals surface area (Å²) in [5, 5.41) is -0.0135. The molecule has 0 saturated heterocycles. The maximum atomic E-state index is 6.14. The largest absolute Gasteiger partial charge is 0.103 e. The van der Waals surface area contributed by atoms with E-state index in [9.17, 15) is 0 Å². The zero-order chi connectivity index (χ0) is 8.32. The van der Waals surface area contributed by atoms with Gasteiger partial charge in [-0.25, -0.2) is 0 Å². The highest BCUT2D eigenvalue weighted by molar-refractivity contribution is 6.52. The van der Waals surface area contributed by atoms with Crippen LogP contribution in [-0.2, 0) is 0 Å². The molecule has 11 heavy (non-hydrogen) atoms. The van der Waals surface area contributed by atoms with Crippen molar-refractivity contribution >= 4 is 15.1 Å². The molecule has 0 aromatic carbocycles. The van der Waals surface area contributed by atoms with Gasteiger partial charge in [0.2, 0.25) is 0 Å². The van der Waals surface area contributed by atoms with E-state index >= 15 is 0 Å². The standard InChI is InChI=1S/C9H17B2/c1-9(10,11-2)8-6-4-3-5-7-8/h8H,3-7H2,1-2H3. The molecule has 0 bridgehead atoms. The van der Waals surface area contributed by atoms with Crippen molar-refractivity contribution in [2.45, 2.75) is 51.1 Å². The number of hydrogen-bond acceptors (Lipinski definition) is 0. The van der Waals surface area contributed by atoms with Gasteiger partial charge in [0.05, 0.1) is 7.85 Å². The summed E-state index contributed by atoms with van der Waals surface area (Å²) in [6.07, 6.45) is 6.83. The Balaban J connectivity index is 2.43. The Hall–Kier alpha value is 0.130. The minimum atomic E-state index is -0.0135. The third kappa shape index (κ3) is 2.28. The summed E-state index contributed by atoms with van der Waals surface area (Å²) in [5.74, 6) is 0.737. The monoisotopic (exact) mass is 147 g/mol. The fourth-order valence-corrected chi connectivity index (χ4v) is 1.96. The number of hydrogen-bond donors (Lipinski definition) is 0. The first-order chi connectivity index (χ1) is 5.17. The van der Waals surface area contributed by atoms with Crippen LogP contribution in [0.2, 0.25) is 12.0 Å². The molecule has 0 aliphatic heterocycles. The van der Waals surface area contributed by atoms with Crippen LogP contribution < -0.4 is 0 Å². The second kappa shape index (κ2) is 3.69. The summed E-state index contributed by atoms with van der Waals surface area (Å²) in [4.78, 5) is 0. The van der Waals surface area contributed by atoms with Gasteiger partial charge in [0.1, 0.15) is 7.28 Å². The van der Waals surface area contributed by atoms with Gasteiger partial charge in [-0.05, 0) is 0 Å². The van der Waals surface area contributed by atoms with E-state index < -0.39 is 0 Å². The normalized spacial score (nSPS) is 26.0. The maximum absolute atomic E-state index is 6.14. The molecule has 1 atom stereocenters. The minimum Gasteiger partial charge on any atom is -0.0922 e. The lowest BCUT2D eigenvalue weighted by atomic mass is 9.38. The molecule has 2 heteroatoms. The van der Waals surface area contributed by atoms with Crippen molar-refractivity contribution in [3.8, 4) is 0 Å². The molecule has 0 N–H and O–H groups in total. The predicted molar refractivity (Wildman–Crippen MR) is 52.3 cm³/mol. The van der Waals surface area contributed by atoms with Crippen molar-refractivity contribution in [2.75, 3.05) is 0 Å². The van der Waals surface area contributed by atoms with Crippen LogP contribution in [0.1, 0.15) is 39.0 Å². The average Bonchev–Trinajstić information content (AvgIpc) is 2.06. The third-order valence-corrected chi connectivity index (χ3v) is 3.11. The van der Waals surface area contributed by atoms with E-state index in [1.165, 1.54) is 32.1 Å². The zero-order valence-electron chi connectivity index (χ0n) is 7.77. The van der Waals surface area contributed by atoms with Gasteiger partial charge in [-0.2, -0.15) is 0 Å². The van der Waals surface area contributed by atoms with Crippen LogP contribution in [0, 0.1) is 5.92 Å². The summed E-state index contributed by atoms with van der Waals surface area (Å²) in [7, 11) is 8.29. The third-order valence-electron chi connectivity index (χ3n) is 3.11. The number of rotatable bonds is 2. The highest BCUT2D eigenvalue weighted by Gasteiger charge is 2.28. The molecule has 1 rings (SSSR count). The van der Waals surface area contributed by atoms with Crippen LogP contribution in [0.3, 0.4) is 0 Å². The first-order valence-electron chi connectivity index (χ1n) is 4.76. The molecule has 1 aliphatic rings. The van der Waals surface area contributed by atoms with E-state index in [-0.39, 0.29) is 5.21 Å². The average molecular weight is 147 g/mol. The second-order valence-electron chi connectivity index (χ2n) is 3.99. The SMILES string of the molecule is [B]C(C)([B]C)C1CCCCC1. The lowest BCUT2D eigenvalue weighted by Gasteiger charge is -2.36. The van der Waals surface area contributed by atoms with Gasteiger partial charge in [0.25, 0.3) is 0 Å². The molecule has 1 aliphatic carbocycles. The molecule has 3 radical (unpaired) electrons. The Morgan fingerprint density at radius 1 is 1.27 bits per heavy atom. The van der Waals surface area contributed by atoms with Crippen LogP contribution in [0.4, 0.5) is 0 Å². The van der Waals surface area contributed by atoms with Crippen molar-refractivity contribution < 1.29 is 0 Å². The van der Waals surface area contributed by atoms with Gasteiger partial charge < -0.3 is 0 Å². The van der Waals surface area contributed by atoms with E-state index in [1.807, 2.05) is 0 Å². The molecule has 0 aromatic heterocycles. The Labute approximate surface area is 72.8 Å². The van der Waals surface area contributed by atoms with E-state index in [4.69, 9.17) is 7.85 Å². The van der Waals surface area contributed by atoms with Gasteiger partial charge in [-0.15, -0.1) is 0 Å². The van der Waals surface area contributed by atoms with Crippen LogP contribution in [0.15, 0.2) is 0 Å². The predicted octanol–water partition coefficient (Wildman–Crippen LogP) is 2.62. The van der Waals surface area contributed by atoms with Crippen LogP contribution in [0.25, 0.3) is 0 Å². The Morgan fingerprint density at radius 2 is 1.82 bits per heavy atom. The van der Waals surface area contributed by atoms with E-state index in [2.05, 4.69) is 21.0 Å². The van der Waals surface area contributed by atoms with E-state index in [1.54, 1.807) is 0 Å². The summed E-state index contributed by atoms with van der Waals surface area (Å²) in [6, 6.07) is 0. The van der Waals surface area contributed by atoms with Gasteiger partial charge >= 0.3 is 0 Å². The summed E-state index contributed by atoms with van der Waals surface area (Å²) < 4.78 is 0. The molecule has 0 aromatic rings. The quantitative estimate of drug-likeness (QED) is 0.526. The molecule has 1 unspecified atom stereocenters. The van der Waals surface area contributed by atoms with Crippen molar-refractivity contribution in [3.05, 3.63) is 0 Å². The topological polar surface area (TPSA) is 0 Å². The molecule has 0 amide bonds. The molecule has 0 nitrogen and oxygen atoms in total. The Kier molecular flexibility index (Phi) is 3.09. The first-order valence-corrected chi connectivity index (χ1v) is 4.76. The summed E-state index contributed by atoms with van der Waals surface area (Å²) in [5.41, 5.74) is 0. The maximum Gasteiger partial charge on any atom is 0.103 e. The molecule has 1 fully saturated rings. The second-order valence-corrected chi connectivity index (χ2v) is 3.99. The van der Waals surface area contributed by atoms with Gasteiger partial charge in [0.15, 0.2) is 0 Å². The molecular weight excluding hydrogens is 130 g/mol. The summed E-state index contributed by atoms with van der Waals surface area (Å²) >= 11 is 0. The van der Waals surface area contributed by atoms with E-state index in [0.29, 0.717) is 0 Å². The van der Waals surface area contributed by atoms with Crippen molar-refractivity contribution in [3.63, 3.8) is 0 Å². The van der Waals surface area contributed by atoms with Crippen molar-refractivity contribution in [1.82, 2.24) is 0 Å². The zero-order valence-corrected chi connectivity index (χ0v) is 7.77. The Bertz CT molecular complexity index is 115. The van der Waals surface area contributed by atoms with E-state index in [0.717, 1.165) is 5.92 Å². The smallest absolute Gasteiger partial charge is 0.0922 e. The first kappa shape index (κ1) is 9.22. The van der Waals surface area contributed by atoms with Crippen molar-refractivity contribution in [2.24, 2.45) is 5.92 Å². The van der Waals surface area contributed by atoms with Crippen molar-refractivity contribution in [1.29, 1.82) is 0 Å². The molecule has 0 spiro atoms. The minimum absolute atomic E-state index is 0.0135. The fourth-order valence-electron chi connectivity index (χ4n) is 1.96. The fraction of sp³-hybridized carbons (Fsp3) is 1.00. The molecule has 0 heterocycles. The summed E-state index contributed by atoms with van der Waals surface area (Å²) in [6.45, 7) is 4.23. The highest BCUT2D eigenvalue weighted by atomic mass is 14.2. The molecule has 1 saturated carbocycles. The van der Waals surface area contributed by atoms with Gasteiger partial charge in [-0.3, -0.25) is 0 Å². The lowest BCUT2D eigenvalue weighted by molar-refractivity contribution is 0.328. The molecular formula is C9H17B2. The Morgan fingerprint density at radius 3 is 2.27 bits per heavy atom. The van der Waals surface area contributed by atoms with Gasteiger partial charge in [-0.1, -0.05) is 57.0 Å². The highest BCUT2D eigenvalue weighted by Crippen LogP contribution is 2.40. The van der Waals surface area contributed by atoms with Crippen LogP contribution >= 0.6 is 0 Å². The van der Waals surface area contributed by atoms with Gasteiger partial charge in [0, 0.05) is 0 Å².